The number of fused-ring (bicyclic) bond motifs is 1. The SMILES string of the molecule is Cc1cc(=O)n(C(C)C(=O)Nc2c(C#N)cnn2-c2ccccc2)c2c(C)cccc12. The van der Waals surface area contributed by atoms with E-state index >= 15 is 0 Å². The van der Waals surface area contributed by atoms with Crippen molar-refractivity contribution in [3.8, 4) is 11.8 Å². The molecule has 4 rings (SSSR count). The zero-order valence-corrected chi connectivity index (χ0v) is 17.5. The van der Waals surface area contributed by atoms with Gasteiger partial charge in [0.1, 0.15) is 17.7 Å². The molecule has 0 fully saturated rings. The first kappa shape index (κ1) is 20.1. The number of nitrogens with one attached hydrogen (secondary N) is 1. The number of aryl methyl sites for hydroxylation is 2. The van der Waals surface area contributed by atoms with Crippen molar-refractivity contribution in [2.24, 2.45) is 0 Å². The summed E-state index contributed by atoms with van der Waals surface area (Å²) in [7, 11) is 0. The fourth-order valence-electron chi connectivity index (χ4n) is 3.78. The lowest BCUT2D eigenvalue weighted by molar-refractivity contribution is -0.118. The molecule has 0 saturated heterocycles. The maximum atomic E-state index is 13.2. The van der Waals surface area contributed by atoms with Crippen LogP contribution in [0.4, 0.5) is 5.82 Å². The van der Waals surface area contributed by atoms with E-state index in [4.69, 9.17) is 0 Å². The van der Waals surface area contributed by atoms with E-state index in [1.165, 1.54) is 15.4 Å². The standard InChI is InChI=1S/C24H21N5O2/c1-15-8-7-11-20-16(2)12-21(30)28(22(15)20)17(3)24(31)27-23-18(13-25)14-26-29(23)19-9-5-4-6-10-19/h4-12,14,17H,1-3H3,(H,27,31). The summed E-state index contributed by atoms with van der Waals surface area (Å²) in [6.45, 7) is 5.48. The zero-order chi connectivity index (χ0) is 22.1. The molecule has 2 aromatic heterocycles. The van der Waals surface area contributed by atoms with Crippen molar-refractivity contribution in [2.45, 2.75) is 26.8 Å². The summed E-state index contributed by atoms with van der Waals surface area (Å²) in [4.78, 5) is 26.1. The van der Waals surface area contributed by atoms with Crippen molar-refractivity contribution in [3.05, 3.63) is 87.8 Å². The molecule has 0 aliphatic heterocycles. The number of anilines is 1. The monoisotopic (exact) mass is 411 g/mol. The second kappa shape index (κ2) is 7.92. The Kier molecular flexibility index (Phi) is 5.14. The van der Waals surface area contributed by atoms with Crippen LogP contribution in [0.3, 0.4) is 0 Å². The number of pyridine rings is 1. The number of amides is 1. The lowest BCUT2D eigenvalue weighted by Gasteiger charge is -2.20. The lowest BCUT2D eigenvalue weighted by Crippen LogP contribution is -2.32. The third kappa shape index (κ3) is 3.49. The summed E-state index contributed by atoms with van der Waals surface area (Å²) < 4.78 is 3.01. The van der Waals surface area contributed by atoms with Gasteiger partial charge in [0.2, 0.25) is 5.91 Å². The number of carbonyl (C=O) groups is 1. The van der Waals surface area contributed by atoms with E-state index in [2.05, 4.69) is 16.5 Å². The maximum Gasteiger partial charge on any atom is 0.252 e. The summed E-state index contributed by atoms with van der Waals surface area (Å²) >= 11 is 0. The van der Waals surface area contributed by atoms with Gasteiger partial charge in [-0.25, -0.2) is 4.68 Å². The third-order valence-corrected chi connectivity index (χ3v) is 5.38. The minimum atomic E-state index is -0.803. The van der Waals surface area contributed by atoms with Crippen LogP contribution in [0.15, 0.2) is 65.6 Å². The van der Waals surface area contributed by atoms with Crippen molar-refractivity contribution < 1.29 is 4.79 Å². The van der Waals surface area contributed by atoms with Gasteiger partial charge in [-0.3, -0.25) is 14.2 Å². The molecule has 0 spiro atoms. The molecule has 0 aliphatic carbocycles. The highest BCUT2D eigenvalue weighted by atomic mass is 16.2. The number of benzene rings is 2. The molecule has 2 aromatic carbocycles. The van der Waals surface area contributed by atoms with Gasteiger partial charge in [0.15, 0.2) is 5.82 Å². The Hall–Kier alpha value is -4.18. The topological polar surface area (TPSA) is 92.7 Å². The summed E-state index contributed by atoms with van der Waals surface area (Å²) in [6, 6.07) is 17.8. The normalized spacial score (nSPS) is 11.8. The average Bonchev–Trinajstić information content (AvgIpc) is 3.17. The highest BCUT2D eigenvalue weighted by molar-refractivity contribution is 5.96. The summed E-state index contributed by atoms with van der Waals surface area (Å²) in [5.74, 6) is -0.142. The van der Waals surface area contributed by atoms with Crippen molar-refractivity contribution in [2.75, 3.05) is 5.32 Å². The van der Waals surface area contributed by atoms with Gasteiger partial charge in [0.05, 0.1) is 17.4 Å². The van der Waals surface area contributed by atoms with E-state index in [0.29, 0.717) is 5.69 Å². The number of nitriles is 1. The Morgan fingerprint density at radius 3 is 2.55 bits per heavy atom. The molecule has 7 nitrogen and oxygen atoms in total. The van der Waals surface area contributed by atoms with Gasteiger partial charge in [-0.05, 0) is 44.0 Å². The van der Waals surface area contributed by atoms with Gasteiger partial charge in [0.25, 0.3) is 5.56 Å². The first-order valence-corrected chi connectivity index (χ1v) is 9.88. The van der Waals surface area contributed by atoms with Gasteiger partial charge in [-0.2, -0.15) is 10.4 Å². The number of nitrogens with zero attached hydrogens (tertiary/aromatic N) is 4. The molecule has 2 heterocycles. The van der Waals surface area contributed by atoms with Gasteiger partial charge in [0, 0.05) is 11.5 Å². The molecule has 31 heavy (non-hydrogen) atoms. The first-order chi connectivity index (χ1) is 14.9. The highest BCUT2D eigenvalue weighted by Crippen LogP contribution is 2.25. The quantitative estimate of drug-likeness (QED) is 0.552. The van der Waals surface area contributed by atoms with Gasteiger partial charge >= 0.3 is 0 Å². The van der Waals surface area contributed by atoms with Crippen LogP contribution in [0.5, 0.6) is 0 Å². The molecule has 1 atom stereocenters. The van der Waals surface area contributed by atoms with Crippen LogP contribution >= 0.6 is 0 Å². The van der Waals surface area contributed by atoms with Crippen molar-refractivity contribution >= 4 is 22.6 Å². The maximum absolute atomic E-state index is 13.2. The van der Waals surface area contributed by atoms with Gasteiger partial charge in [-0.15, -0.1) is 0 Å². The smallest absolute Gasteiger partial charge is 0.252 e. The summed E-state index contributed by atoms with van der Waals surface area (Å²) in [5.41, 5.74) is 3.19. The summed E-state index contributed by atoms with van der Waals surface area (Å²) in [6.07, 6.45) is 1.41. The molecule has 0 bridgehead atoms. The highest BCUT2D eigenvalue weighted by Gasteiger charge is 2.23. The van der Waals surface area contributed by atoms with E-state index in [9.17, 15) is 14.9 Å². The molecule has 4 aromatic rings. The first-order valence-electron chi connectivity index (χ1n) is 9.88. The molecular formula is C24H21N5O2. The molecule has 0 saturated carbocycles. The van der Waals surface area contributed by atoms with E-state index < -0.39 is 11.9 Å². The Labute approximate surface area is 179 Å². The number of rotatable bonds is 4. The van der Waals surface area contributed by atoms with E-state index in [0.717, 1.165) is 22.0 Å². The minimum Gasteiger partial charge on any atom is -0.308 e. The van der Waals surface area contributed by atoms with Crippen LogP contribution in [0.25, 0.3) is 16.6 Å². The fraction of sp³-hybridized carbons (Fsp3) is 0.167. The van der Waals surface area contributed by atoms with Crippen molar-refractivity contribution in [1.29, 1.82) is 5.26 Å². The lowest BCUT2D eigenvalue weighted by atomic mass is 10.1. The Morgan fingerprint density at radius 1 is 1.10 bits per heavy atom. The van der Waals surface area contributed by atoms with E-state index in [-0.39, 0.29) is 16.9 Å². The van der Waals surface area contributed by atoms with Crippen LogP contribution in [0.2, 0.25) is 0 Å². The van der Waals surface area contributed by atoms with Crippen LogP contribution in [-0.2, 0) is 4.79 Å². The Morgan fingerprint density at radius 2 is 1.84 bits per heavy atom. The molecule has 154 valence electrons. The third-order valence-electron chi connectivity index (χ3n) is 5.38. The molecule has 1 N–H and O–H groups in total. The second-order valence-electron chi connectivity index (χ2n) is 7.44. The van der Waals surface area contributed by atoms with Crippen molar-refractivity contribution in [1.82, 2.24) is 14.3 Å². The predicted octanol–water partition coefficient (Wildman–Crippen LogP) is 3.88. The molecule has 1 unspecified atom stereocenters. The molecule has 7 heteroatoms. The van der Waals surface area contributed by atoms with Crippen LogP contribution in [0.1, 0.15) is 29.7 Å². The number of para-hydroxylation sites is 2. The van der Waals surface area contributed by atoms with E-state index in [1.54, 1.807) is 13.0 Å². The Bertz CT molecular complexity index is 1390. The molecular weight excluding hydrogens is 390 g/mol. The van der Waals surface area contributed by atoms with Crippen LogP contribution in [-0.4, -0.2) is 20.3 Å². The number of hydrogen-bond acceptors (Lipinski definition) is 4. The second-order valence-corrected chi connectivity index (χ2v) is 7.44. The zero-order valence-electron chi connectivity index (χ0n) is 17.5. The molecule has 1 amide bonds. The van der Waals surface area contributed by atoms with Gasteiger partial charge in [-0.1, -0.05) is 36.4 Å². The Balaban J connectivity index is 1.78. The van der Waals surface area contributed by atoms with Gasteiger partial charge < -0.3 is 5.32 Å². The van der Waals surface area contributed by atoms with Crippen molar-refractivity contribution in [3.63, 3.8) is 0 Å². The van der Waals surface area contributed by atoms with Crippen LogP contribution < -0.4 is 10.9 Å². The van der Waals surface area contributed by atoms with Crippen LogP contribution in [0, 0.1) is 25.2 Å². The largest absolute Gasteiger partial charge is 0.308 e. The summed E-state index contributed by atoms with van der Waals surface area (Å²) in [5, 5.41) is 17.5. The average molecular weight is 411 g/mol. The number of carbonyl (C=O) groups excluding carboxylic acids is 1. The molecule has 0 aliphatic rings. The number of aromatic nitrogens is 3. The predicted molar refractivity (Wildman–Crippen MR) is 119 cm³/mol. The minimum absolute atomic E-state index is 0.238. The molecule has 0 radical (unpaired) electrons. The van der Waals surface area contributed by atoms with E-state index in [1.807, 2.05) is 62.4 Å². The number of hydrogen-bond donors (Lipinski definition) is 1. The fourth-order valence-corrected chi connectivity index (χ4v) is 3.78.